The number of anilines is 1. The molecule has 1 saturated heterocycles. The first kappa shape index (κ1) is 24.6. The molecule has 186 valence electrons. The first-order valence-electron chi connectivity index (χ1n) is 11.0. The molecular weight excluding hydrogens is 464 g/mol. The van der Waals surface area contributed by atoms with Crippen LogP contribution in [-0.2, 0) is 30.4 Å². The standard InChI is InChI=1S/C24H25F2N3O6/c1-13-20(23(32)29(2)17-5-3-4-6-18(17)35-13)28-22(31)19(24-33-7-8-34-24)21(30)27-12-14-9-15(25)11-16(26)10-14/h3-6,9-11,13,19-20,24H,7-8,12H2,1-2H3,(H,27,30)(H,28,31)/t13-,19?,20+/m1/s1. The Kier molecular flexibility index (Phi) is 7.27. The Morgan fingerprint density at radius 1 is 1.09 bits per heavy atom. The van der Waals surface area contributed by atoms with Gasteiger partial charge < -0.3 is 29.7 Å². The van der Waals surface area contributed by atoms with Gasteiger partial charge in [0.25, 0.3) is 5.91 Å². The smallest absolute Gasteiger partial charge is 0.253 e. The van der Waals surface area contributed by atoms with Crippen LogP contribution >= 0.6 is 0 Å². The number of nitrogens with one attached hydrogen (secondary N) is 2. The molecule has 3 amide bonds. The van der Waals surface area contributed by atoms with E-state index in [1.54, 1.807) is 38.2 Å². The third-order valence-corrected chi connectivity index (χ3v) is 5.78. The van der Waals surface area contributed by atoms with Gasteiger partial charge in [-0.1, -0.05) is 12.1 Å². The van der Waals surface area contributed by atoms with E-state index in [-0.39, 0.29) is 25.3 Å². The lowest BCUT2D eigenvalue weighted by atomic mass is 10.0. The molecule has 2 aliphatic rings. The maximum atomic E-state index is 13.5. The molecule has 0 aromatic heterocycles. The van der Waals surface area contributed by atoms with Gasteiger partial charge >= 0.3 is 0 Å². The summed E-state index contributed by atoms with van der Waals surface area (Å²) < 4.78 is 43.6. The zero-order valence-corrected chi connectivity index (χ0v) is 19.1. The van der Waals surface area contributed by atoms with E-state index in [0.29, 0.717) is 17.5 Å². The number of hydrogen-bond donors (Lipinski definition) is 2. The predicted molar refractivity (Wildman–Crippen MR) is 119 cm³/mol. The van der Waals surface area contributed by atoms with E-state index in [2.05, 4.69) is 10.6 Å². The van der Waals surface area contributed by atoms with Crippen molar-refractivity contribution in [1.29, 1.82) is 0 Å². The lowest BCUT2D eigenvalue weighted by Crippen LogP contribution is -2.57. The van der Waals surface area contributed by atoms with Gasteiger partial charge in [0.1, 0.15) is 29.5 Å². The van der Waals surface area contributed by atoms with Gasteiger partial charge in [0.15, 0.2) is 12.2 Å². The van der Waals surface area contributed by atoms with Gasteiger partial charge in [-0.3, -0.25) is 14.4 Å². The summed E-state index contributed by atoms with van der Waals surface area (Å²) in [5.74, 6) is -4.62. The predicted octanol–water partition coefficient (Wildman–Crippen LogP) is 1.50. The molecule has 2 aliphatic heterocycles. The largest absolute Gasteiger partial charge is 0.486 e. The van der Waals surface area contributed by atoms with Gasteiger partial charge in [-0.05, 0) is 36.8 Å². The van der Waals surface area contributed by atoms with Crippen molar-refractivity contribution >= 4 is 23.4 Å². The lowest BCUT2D eigenvalue weighted by Gasteiger charge is -2.27. The third kappa shape index (κ3) is 5.41. The van der Waals surface area contributed by atoms with E-state index in [1.807, 2.05) is 0 Å². The first-order chi connectivity index (χ1) is 16.7. The number of rotatable bonds is 6. The van der Waals surface area contributed by atoms with Gasteiger partial charge in [0.2, 0.25) is 11.8 Å². The molecule has 35 heavy (non-hydrogen) atoms. The highest BCUT2D eigenvalue weighted by Gasteiger charge is 2.43. The molecule has 9 nitrogen and oxygen atoms in total. The van der Waals surface area contributed by atoms with E-state index in [9.17, 15) is 23.2 Å². The number of fused-ring (bicyclic) bond motifs is 1. The number of hydrogen-bond acceptors (Lipinski definition) is 6. The van der Waals surface area contributed by atoms with Crippen LogP contribution in [0.5, 0.6) is 5.75 Å². The van der Waals surface area contributed by atoms with Gasteiger partial charge in [-0.25, -0.2) is 8.78 Å². The molecule has 3 atom stereocenters. The van der Waals surface area contributed by atoms with Crippen LogP contribution in [0, 0.1) is 17.6 Å². The monoisotopic (exact) mass is 489 g/mol. The summed E-state index contributed by atoms with van der Waals surface area (Å²) in [7, 11) is 1.56. The lowest BCUT2D eigenvalue weighted by molar-refractivity contribution is -0.155. The maximum absolute atomic E-state index is 13.5. The third-order valence-electron chi connectivity index (χ3n) is 5.78. The van der Waals surface area contributed by atoms with Crippen LogP contribution in [0.3, 0.4) is 0 Å². The van der Waals surface area contributed by atoms with Crippen molar-refractivity contribution in [2.24, 2.45) is 5.92 Å². The number of para-hydroxylation sites is 2. The molecule has 0 radical (unpaired) electrons. The van der Waals surface area contributed by atoms with Gasteiger partial charge in [-0.2, -0.15) is 0 Å². The van der Waals surface area contributed by atoms with Crippen molar-refractivity contribution in [3.05, 3.63) is 59.7 Å². The Balaban J connectivity index is 1.50. The fourth-order valence-corrected chi connectivity index (χ4v) is 4.00. The second-order valence-electron chi connectivity index (χ2n) is 8.26. The van der Waals surface area contributed by atoms with Crippen molar-refractivity contribution in [3.63, 3.8) is 0 Å². The highest BCUT2D eigenvalue weighted by Crippen LogP contribution is 2.32. The number of nitrogens with zero attached hydrogens (tertiary/aromatic N) is 1. The summed E-state index contributed by atoms with van der Waals surface area (Å²) in [6, 6.07) is 8.70. The van der Waals surface area contributed by atoms with E-state index in [4.69, 9.17) is 14.2 Å². The summed E-state index contributed by atoms with van der Waals surface area (Å²) in [5.41, 5.74) is 0.712. The van der Waals surface area contributed by atoms with Crippen LogP contribution in [0.1, 0.15) is 12.5 Å². The number of carbonyl (C=O) groups excluding carboxylic acids is 3. The Labute approximate surface area is 200 Å². The number of halogens is 2. The average molecular weight is 489 g/mol. The van der Waals surface area contributed by atoms with Crippen LogP contribution in [0.2, 0.25) is 0 Å². The van der Waals surface area contributed by atoms with E-state index >= 15 is 0 Å². The average Bonchev–Trinajstić information content (AvgIpc) is 3.31. The normalized spacial score (nSPS) is 21.0. The van der Waals surface area contributed by atoms with Gasteiger partial charge in [-0.15, -0.1) is 0 Å². The molecule has 2 heterocycles. The molecule has 1 fully saturated rings. The number of benzene rings is 2. The van der Waals surface area contributed by atoms with Crippen molar-refractivity contribution in [2.45, 2.75) is 31.9 Å². The summed E-state index contributed by atoms with van der Waals surface area (Å²) in [5, 5.41) is 5.09. The summed E-state index contributed by atoms with van der Waals surface area (Å²) in [4.78, 5) is 40.8. The number of likely N-dealkylation sites (N-methyl/N-ethyl adjacent to an activating group) is 1. The van der Waals surface area contributed by atoms with E-state index < -0.39 is 53.7 Å². The molecule has 2 aromatic carbocycles. The van der Waals surface area contributed by atoms with Gasteiger partial charge in [0, 0.05) is 19.7 Å². The van der Waals surface area contributed by atoms with Gasteiger partial charge in [0.05, 0.1) is 18.9 Å². The molecule has 0 bridgehead atoms. The molecule has 0 spiro atoms. The minimum atomic E-state index is -1.48. The van der Waals surface area contributed by atoms with Crippen LogP contribution < -0.4 is 20.3 Å². The van der Waals surface area contributed by atoms with Crippen molar-refractivity contribution in [3.8, 4) is 5.75 Å². The highest BCUT2D eigenvalue weighted by molar-refractivity contribution is 6.05. The van der Waals surface area contributed by atoms with E-state index in [0.717, 1.165) is 12.1 Å². The summed E-state index contributed by atoms with van der Waals surface area (Å²) in [6.45, 7) is 1.76. The second-order valence-corrected chi connectivity index (χ2v) is 8.26. The zero-order valence-electron chi connectivity index (χ0n) is 19.1. The maximum Gasteiger partial charge on any atom is 0.253 e. The Morgan fingerprint density at radius 2 is 1.74 bits per heavy atom. The number of amides is 3. The molecule has 4 rings (SSSR count). The van der Waals surface area contributed by atoms with E-state index in [1.165, 1.54) is 4.90 Å². The molecular formula is C24H25F2N3O6. The zero-order chi connectivity index (χ0) is 25.1. The summed E-state index contributed by atoms with van der Waals surface area (Å²) >= 11 is 0. The van der Waals surface area contributed by atoms with Crippen LogP contribution in [-0.4, -0.2) is 56.4 Å². The fraction of sp³-hybridized carbons (Fsp3) is 0.375. The first-order valence-corrected chi connectivity index (χ1v) is 11.0. The SMILES string of the molecule is C[C@H]1Oc2ccccc2N(C)C(=O)[C@H]1NC(=O)C(C(=O)NCc1cc(F)cc(F)c1)C1OCCO1. The molecule has 11 heteroatoms. The molecule has 1 unspecified atom stereocenters. The van der Waals surface area contributed by atoms with Crippen LogP contribution in [0.25, 0.3) is 0 Å². The minimum Gasteiger partial charge on any atom is -0.486 e. The van der Waals surface area contributed by atoms with Crippen molar-refractivity contribution in [1.82, 2.24) is 10.6 Å². The Hall–Kier alpha value is -3.57. The highest BCUT2D eigenvalue weighted by atomic mass is 19.1. The quantitative estimate of drug-likeness (QED) is 0.596. The van der Waals surface area contributed by atoms with Crippen LogP contribution in [0.4, 0.5) is 14.5 Å². The summed E-state index contributed by atoms with van der Waals surface area (Å²) in [6.07, 6.45) is -1.94. The van der Waals surface area contributed by atoms with Crippen LogP contribution in [0.15, 0.2) is 42.5 Å². The molecule has 0 saturated carbocycles. The topological polar surface area (TPSA) is 106 Å². The molecule has 0 aliphatic carbocycles. The van der Waals surface area contributed by atoms with Crippen molar-refractivity contribution in [2.75, 3.05) is 25.2 Å². The Bertz CT molecular complexity index is 1100. The van der Waals surface area contributed by atoms with Crippen molar-refractivity contribution < 1.29 is 37.4 Å². The second kappa shape index (κ2) is 10.4. The minimum absolute atomic E-state index is 0.170. The molecule has 2 N–H and O–H groups in total. The Morgan fingerprint density at radius 3 is 2.43 bits per heavy atom. The number of carbonyl (C=O) groups is 3. The number of ether oxygens (including phenoxy) is 3. The molecule has 2 aromatic rings. The fourth-order valence-electron chi connectivity index (χ4n) is 4.00.